The minimum Gasteiger partial charge on any atom is -0.504 e. The predicted molar refractivity (Wildman–Crippen MR) is 100 cm³/mol. The summed E-state index contributed by atoms with van der Waals surface area (Å²) in [7, 11) is 3.24. The Kier molecular flexibility index (Phi) is 5.24. The van der Waals surface area contributed by atoms with Crippen LogP contribution in [-0.4, -0.2) is 19.3 Å². The zero-order valence-electron chi connectivity index (χ0n) is 14.5. The maximum atomic E-state index is 9.96. The molecule has 3 nitrogen and oxygen atoms in total. The number of aryl methyl sites for hydroxylation is 2. The van der Waals surface area contributed by atoms with Crippen molar-refractivity contribution >= 4 is 0 Å². The van der Waals surface area contributed by atoms with Gasteiger partial charge in [-0.05, 0) is 59.4 Å². The number of hydrogen-bond acceptors (Lipinski definition) is 3. The van der Waals surface area contributed by atoms with E-state index < -0.39 is 0 Å². The summed E-state index contributed by atoms with van der Waals surface area (Å²) in [6.45, 7) is 0. The molecular weight excluding hydrogens is 312 g/mol. The second kappa shape index (κ2) is 7.75. The molecule has 0 heterocycles. The van der Waals surface area contributed by atoms with Crippen LogP contribution in [-0.2, 0) is 12.8 Å². The Bertz CT molecular complexity index is 841. The van der Waals surface area contributed by atoms with Gasteiger partial charge in [-0.3, -0.25) is 0 Å². The van der Waals surface area contributed by atoms with Crippen LogP contribution < -0.4 is 9.47 Å². The monoisotopic (exact) mass is 334 g/mol. The van der Waals surface area contributed by atoms with Crippen LogP contribution in [0.4, 0.5) is 0 Å². The summed E-state index contributed by atoms with van der Waals surface area (Å²) in [6, 6.07) is 22.1. The summed E-state index contributed by atoms with van der Waals surface area (Å²) in [6.07, 6.45) is 1.68. The lowest BCUT2D eigenvalue weighted by molar-refractivity contribution is 0.373. The van der Waals surface area contributed by atoms with Crippen LogP contribution in [0.5, 0.6) is 17.2 Å². The molecule has 0 amide bonds. The van der Waals surface area contributed by atoms with Crippen LogP contribution in [0.15, 0.2) is 66.7 Å². The SMILES string of the molecule is COc1ccc(-c2ccccc2)c(CCc2ccc(OC)c(O)c2)c1. The van der Waals surface area contributed by atoms with Gasteiger partial charge in [0.15, 0.2) is 11.5 Å². The van der Waals surface area contributed by atoms with Crippen LogP contribution in [0.1, 0.15) is 11.1 Å². The maximum Gasteiger partial charge on any atom is 0.160 e. The van der Waals surface area contributed by atoms with E-state index in [2.05, 4.69) is 24.3 Å². The first-order valence-corrected chi connectivity index (χ1v) is 8.29. The zero-order chi connectivity index (χ0) is 17.6. The van der Waals surface area contributed by atoms with Gasteiger partial charge in [-0.1, -0.05) is 42.5 Å². The van der Waals surface area contributed by atoms with Crippen molar-refractivity contribution < 1.29 is 14.6 Å². The van der Waals surface area contributed by atoms with Crippen LogP contribution in [0.25, 0.3) is 11.1 Å². The molecule has 25 heavy (non-hydrogen) atoms. The molecule has 0 atom stereocenters. The molecule has 0 unspecified atom stereocenters. The largest absolute Gasteiger partial charge is 0.504 e. The Morgan fingerprint density at radius 3 is 2.28 bits per heavy atom. The minimum absolute atomic E-state index is 0.175. The molecule has 0 fully saturated rings. The van der Waals surface area contributed by atoms with Crippen molar-refractivity contribution in [3.8, 4) is 28.4 Å². The van der Waals surface area contributed by atoms with Crippen molar-refractivity contribution in [1.29, 1.82) is 0 Å². The molecule has 0 aromatic heterocycles. The number of aromatic hydroxyl groups is 1. The van der Waals surface area contributed by atoms with E-state index in [4.69, 9.17) is 9.47 Å². The van der Waals surface area contributed by atoms with E-state index in [1.807, 2.05) is 30.3 Å². The van der Waals surface area contributed by atoms with E-state index in [0.29, 0.717) is 5.75 Å². The Balaban J connectivity index is 1.87. The highest BCUT2D eigenvalue weighted by molar-refractivity contribution is 5.68. The summed E-state index contributed by atoms with van der Waals surface area (Å²) in [4.78, 5) is 0. The molecule has 1 N–H and O–H groups in total. The smallest absolute Gasteiger partial charge is 0.160 e. The Labute approximate surface area is 148 Å². The number of ether oxygens (including phenoxy) is 2. The predicted octanol–water partition coefficient (Wildman–Crippen LogP) is 4.86. The molecule has 0 saturated heterocycles. The average Bonchev–Trinajstić information content (AvgIpc) is 2.67. The highest BCUT2D eigenvalue weighted by Gasteiger charge is 2.09. The summed E-state index contributed by atoms with van der Waals surface area (Å²) in [5.74, 6) is 1.52. The standard InChI is InChI=1S/C22H22O3/c1-24-19-11-12-20(17-6-4-3-5-7-17)18(15-19)10-8-16-9-13-22(25-2)21(23)14-16/h3-7,9,11-15,23H,8,10H2,1-2H3. The quantitative estimate of drug-likeness (QED) is 0.699. The third-order valence-corrected chi connectivity index (χ3v) is 4.32. The molecule has 128 valence electrons. The van der Waals surface area contributed by atoms with Crippen LogP contribution in [0.3, 0.4) is 0 Å². The van der Waals surface area contributed by atoms with Crippen LogP contribution >= 0.6 is 0 Å². The number of benzene rings is 3. The van der Waals surface area contributed by atoms with E-state index in [0.717, 1.165) is 24.2 Å². The van der Waals surface area contributed by atoms with E-state index in [1.54, 1.807) is 26.4 Å². The summed E-state index contributed by atoms with van der Waals surface area (Å²) >= 11 is 0. The van der Waals surface area contributed by atoms with Crippen molar-refractivity contribution in [3.05, 3.63) is 77.9 Å². The fraction of sp³-hybridized carbons (Fsp3) is 0.182. The molecule has 0 radical (unpaired) electrons. The molecule has 0 saturated carbocycles. The van der Waals surface area contributed by atoms with Gasteiger partial charge in [0, 0.05) is 0 Å². The number of rotatable bonds is 6. The van der Waals surface area contributed by atoms with Gasteiger partial charge in [0.25, 0.3) is 0 Å². The highest BCUT2D eigenvalue weighted by Crippen LogP contribution is 2.30. The van der Waals surface area contributed by atoms with Crippen molar-refractivity contribution in [2.24, 2.45) is 0 Å². The van der Waals surface area contributed by atoms with Crippen molar-refractivity contribution in [1.82, 2.24) is 0 Å². The van der Waals surface area contributed by atoms with Crippen molar-refractivity contribution in [2.45, 2.75) is 12.8 Å². The molecule has 3 heteroatoms. The Hall–Kier alpha value is -2.94. The summed E-state index contributed by atoms with van der Waals surface area (Å²) < 4.78 is 10.5. The third kappa shape index (κ3) is 3.94. The Morgan fingerprint density at radius 2 is 1.60 bits per heavy atom. The molecule has 0 spiro atoms. The average molecular weight is 334 g/mol. The number of phenolic OH excluding ortho intramolecular Hbond substituents is 1. The first-order chi connectivity index (χ1) is 12.2. The van der Waals surface area contributed by atoms with Gasteiger partial charge in [0.1, 0.15) is 5.75 Å². The normalized spacial score (nSPS) is 10.5. The first-order valence-electron chi connectivity index (χ1n) is 8.29. The van der Waals surface area contributed by atoms with E-state index in [-0.39, 0.29) is 5.75 Å². The fourth-order valence-electron chi connectivity index (χ4n) is 2.97. The highest BCUT2D eigenvalue weighted by atomic mass is 16.5. The lowest BCUT2D eigenvalue weighted by Crippen LogP contribution is -1.96. The van der Waals surface area contributed by atoms with E-state index >= 15 is 0 Å². The van der Waals surface area contributed by atoms with Gasteiger partial charge < -0.3 is 14.6 Å². The lowest BCUT2D eigenvalue weighted by atomic mass is 9.95. The second-order valence-electron chi connectivity index (χ2n) is 5.90. The molecular formula is C22H22O3. The van der Waals surface area contributed by atoms with E-state index in [9.17, 15) is 5.11 Å². The van der Waals surface area contributed by atoms with Gasteiger partial charge in [0.05, 0.1) is 14.2 Å². The van der Waals surface area contributed by atoms with Gasteiger partial charge in [-0.25, -0.2) is 0 Å². The third-order valence-electron chi connectivity index (χ3n) is 4.32. The van der Waals surface area contributed by atoms with Gasteiger partial charge in [-0.2, -0.15) is 0 Å². The molecule has 0 aliphatic rings. The fourth-order valence-corrected chi connectivity index (χ4v) is 2.97. The number of phenols is 1. The summed E-state index contributed by atoms with van der Waals surface area (Å²) in [5.41, 5.74) is 4.69. The van der Waals surface area contributed by atoms with Gasteiger partial charge in [0.2, 0.25) is 0 Å². The number of methoxy groups -OCH3 is 2. The molecule has 0 aliphatic heterocycles. The first kappa shape index (κ1) is 16.9. The summed E-state index contributed by atoms with van der Waals surface area (Å²) in [5, 5.41) is 9.96. The minimum atomic E-state index is 0.175. The zero-order valence-corrected chi connectivity index (χ0v) is 14.5. The Morgan fingerprint density at radius 1 is 0.800 bits per heavy atom. The van der Waals surface area contributed by atoms with Crippen molar-refractivity contribution in [2.75, 3.05) is 14.2 Å². The van der Waals surface area contributed by atoms with Gasteiger partial charge in [-0.15, -0.1) is 0 Å². The van der Waals surface area contributed by atoms with Crippen LogP contribution in [0.2, 0.25) is 0 Å². The van der Waals surface area contributed by atoms with Crippen molar-refractivity contribution in [3.63, 3.8) is 0 Å². The van der Waals surface area contributed by atoms with Gasteiger partial charge >= 0.3 is 0 Å². The lowest BCUT2D eigenvalue weighted by Gasteiger charge is -2.12. The molecule has 0 bridgehead atoms. The topological polar surface area (TPSA) is 38.7 Å². The van der Waals surface area contributed by atoms with Crippen LogP contribution in [0, 0.1) is 0 Å². The maximum absolute atomic E-state index is 9.96. The molecule has 0 aliphatic carbocycles. The molecule has 3 rings (SSSR count). The van der Waals surface area contributed by atoms with E-state index in [1.165, 1.54) is 16.7 Å². The molecule has 3 aromatic carbocycles. The number of hydrogen-bond donors (Lipinski definition) is 1. The molecule has 3 aromatic rings. The second-order valence-corrected chi connectivity index (χ2v) is 5.90.